The molecule has 3 aromatic rings. The molecule has 4 rings (SSSR count). The molecule has 9 heteroatoms. The van der Waals surface area contributed by atoms with Gasteiger partial charge in [-0.15, -0.1) is 0 Å². The van der Waals surface area contributed by atoms with Crippen LogP contribution in [0.1, 0.15) is 0 Å². The van der Waals surface area contributed by atoms with Gasteiger partial charge in [-0.3, -0.25) is 0 Å². The Hall–Kier alpha value is -1.64. The van der Waals surface area contributed by atoms with E-state index in [1.165, 1.54) is 15.6 Å². The van der Waals surface area contributed by atoms with Gasteiger partial charge in [-0.05, 0) is 35.4 Å². The lowest BCUT2D eigenvalue weighted by atomic mass is 10.1. The van der Waals surface area contributed by atoms with Crippen molar-refractivity contribution in [2.45, 2.75) is 11.0 Å². The topological polar surface area (TPSA) is 59.5 Å². The first-order chi connectivity index (χ1) is 12.9. The number of ether oxygens (including phenoxy) is 1. The molecule has 0 bridgehead atoms. The number of thiazole rings is 1. The van der Waals surface area contributed by atoms with Crippen molar-refractivity contribution in [3.8, 4) is 16.3 Å². The third kappa shape index (κ3) is 3.83. The average molecular weight is 441 g/mol. The second-order valence-corrected chi connectivity index (χ2v) is 9.62. The number of aromatic nitrogens is 1. The first-order valence-electron chi connectivity index (χ1n) is 8.05. The second-order valence-electron chi connectivity index (χ2n) is 6.01. The molecule has 27 heavy (non-hydrogen) atoms. The summed E-state index contributed by atoms with van der Waals surface area (Å²) >= 11 is 13.4. The minimum Gasteiger partial charge on any atom is -0.464 e. The Morgan fingerprint density at radius 3 is 2.37 bits per heavy atom. The SMILES string of the molecule is O=S(=O)(c1ccc(-c2ccc(Cl)c(Cl)c2)cc1)N1CC(Oc2nccs2)C1. The highest BCUT2D eigenvalue weighted by molar-refractivity contribution is 7.89. The summed E-state index contributed by atoms with van der Waals surface area (Å²) in [5.74, 6) is 0. The van der Waals surface area contributed by atoms with Crippen molar-refractivity contribution in [3.63, 3.8) is 0 Å². The van der Waals surface area contributed by atoms with E-state index in [0.29, 0.717) is 28.3 Å². The van der Waals surface area contributed by atoms with Crippen molar-refractivity contribution in [3.05, 3.63) is 64.1 Å². The minimum atomic E-state index is -3.54. The lowest BCUT2D eigenvalue weighted by Crippen LogP contribution is -2.55. The van der Waals surface area contributed by atoms with Crippen LogP contribution in [0.5, 0.6) is 5.19 Å². The lowest BCUT2D eigenvalue weighted by molar-refractivity contribution is 0.0759. The fourth-order valence-corrected chi connectivity index (χ4v) is 5.08. The first kappa shape index (κ1) is 18.7. The second kappa shape index (κ2) is 7.41. The van der Waals surface area contributed by atoms with Crippen molar-refractivity contribution in [2.75, 3.05) is 13.1 Å². The van der Waals surface area contributed by atoms with E-state index in [1.807, 2.05) is 11.4 Å². The molecule has 0 spiro atoms. The van der Waals surface area contributed by atoms with Crippen molar-refractivity contribution >= 4 is 44.6 Å². The van der Waals surface area contributed by atoms with E-state index in [-0.39, 0.29) is 11.0 Å². The van der Waals surface area contributed by atoms with E-state index in [1.54, 1.807) is 42.6 Å². The van der Waals surface area contributed by atoms with Crippen molar-refractivity contribution < 1.29 is 13.2 Å². The van der Waals surface area contributed by atoms with E-state index in [9.17, 15) is 8.42 Å². The molecule has 0 amide bonds. The Kier molecular flexibility index (Phi) is 5.13. The molecular weight excluding hydrogens is 427 g/mol. The van der Waals surface area contributed by atoms with Gasteiger partial charge in [0.25, 0.3) is 5.19 Å². The fourth-order valence-electron chi connectivity index (χ4n) is 2.73. The predicted molar refractivity (Wildman–Crippen MR) is 107 cm³/mol. The molecule has 0 N–H and O–H groups in total. The zero-order valence-corrected chi connectivity index (χ0v) is 17.0. The number of sulfonamides is 1. The number of rotatable bonds is 5. The maximum Gasteiger partial charge on any atom is 0.273 e. The zero-order chi connectivity index (χ0) is 19.0. The highest BCUT2D eigenvalue weighted by atomic mass is 35.5. The van der Waals surface area contributed by atoms with Crippen LogP contribution in [0.3, 0.4) is 0 Å². The minimum absolute atomic E-state index is 0.165. The number of nitrogens with zero attached hydrogens (tertiary/aromatic N) is 2. The Morgan fingerprint density at radius 2 is 1.74 bits per heavy atom. The summed E-state index contributed by atoms with van der Waals surface area (Å²) in [7, 11) is -3.54. The van der Waals surface area contributed by atoms with Crippen LogP contribution in [0.25, 0.3) is 11.1 Å². The van der Waals surface area contributed by atoms with Gasteiger partial charge in [-0.25, -0.2) is 13.4 Å². The molecule has 0 saturated carbocycles. The monoisotopic (exact) mass is 440 g/mol. The maximum absolute atomic E-state index is 12.7. The van der Waals surface area contributed by atoms with Gasteiger partial charge in [0.15, 0.2) is 0 Å². The zero-order valence-electron chi connectivity index (χ0n) is 13.9. The van der Waals surface area contributed by atoms with Gasteiger partial charge in [0.2, 0.25) is 10.0 Å². The number of benzene rings is 2. The molecule has 2 heterocycles. The molecule has 2 aromatic carbocycles. The molecule has 1 saturated heterocycles. The number of hydrogen-bond donors (Lipinski definition) is 0. The van der Waals surface area contributed by atoms with Gasteiger partial charge in [-0.1, -0.05) is 52.7 Å². The molecule has 1 aliphatic rings. The van der Waals surface area contributed by atoms with Gasteiger partial charge in [-0.2, -0.15) is 4.31 Å². The lowest BCUT2D eigenvalue weighted by Gasteiger charge is -2.37. The first-order valence-corrected chi connectivity index (χ1v) is 11.1. The predicted octanol–water partition coefficient (Wildman–Crippen LogP) is 4.57. The van der Waals surface area contributed by atoms with Crippen LogP contribution in [-0.4, -0.2) is 36.9 Å². The van der Waals surface area contributed by atoms with Crippen LogP contribution in [0.4, 0.5) is 0 Å². The Labute approximate surface area is 171 Å². The Morgan fingerprint density at radius 1 is 1.04 bits per heavy atom. The summed E-state index contributed by atoms with van der Waals surface area (Å²) in [6, 6.07) is 12.0. The summed E-state index contributed by atoms with van der Waals surface area (Å²) < 4.78 is 32.5. The standard InChI is InChI=1S/C18H14Cl2N2O3S2/c19-16-6-3-13(9-17(16)20)12-1-4-15(5-2-12)27(23,24)22-10-14(11-22)25-18-21-7-8-26-18/h1-9,14H,10-11H2. The summed E-state index contributed by atoms with van der Waals surface area (Å²) in [5, 5.41) is 3.31. The Bertz CT molecular complexity index is 1050. The smallest absolute Gasteiger partial charge is 0.273 e. The van der Waals surface area contributed by atoms with Crippen molar-refractivity contribution in [1.82, 2.24) is 9.29 Å². The maximum atomic E-state index is 12.7. The molecule has 1 fully saturated rings. The molecule has 0 atom stereocenters. The van der Waals surface area contributed by atoms with E-state index < -0.39 is 10.0 Å². The van der Waals surface area contributed by atoms with Crippen molar-refractivity contribution in [1.29, 1.82) is 0 Å². The fraction of sp³-hybridized carbons (Fsp3) is 0.167. The van der Waals surface area contributed by atoms with Gasteiger partial charge >= 0.3 is 0 Å². The van der Waals surface area contributed by atoms with Crippen LogP contribution in [0.15, 0.2) is 58.9 Å². The molecule has 0 aliphatic carbocycles. The van der Waals surface area contributed by atoms with E-state index in [0.717, 1.165) is 11.1 Å². The summed E-state index contributed by atoms with van der Waals surface area (Å²) in [6.45, 7) is 0.632. The molecule has 140 valence electrons. The van der Waals surface area contributed by atoms with Gasteiger partial charge in [0.05, 0.1) is 28.0 Å². The normalized spacial score (nSPS) is 15.5. The highest BCUT2D eigenvalue weighted by Gasteiger charge is 2.38. The van der Waals surface area contributed by atoms with Gasteiger partial charge < -0.3 is 4.74 Å². The Balaban J connectivity index is 1.46. The molecular formula is C18H14Cl2N2O3S2. The van der Waals surface area contributed by atoms with Crippen LogP contribution >= 0.6 is 34.5 Å². The largest absolute Gasteiger partial charge is 0.464 e. The quantitative estimate of drug-likeness (QED) is 0.582. The van der Waals surface area contributed by atoms with Gasteiger partial charge in [0, 0.05) is 11.6 Å². The molecule has 1 aliphatic heterocycles. The summed E-state index contributed by atoms with van der Waals surface area (Å²) in [4.78, 5) is 4.29. The molecule has 0 unspecified atom stereocenters. The third-order valence-electron chi connectivity index (χ3n) is 4.24. The van der Waals surface area contributed by atoms with Crippen LogP contribution in [-0.2, 0) is 10.0 Å². The average Bonchev–Trinajstić information content (AvgIpc) is 3.13. The summed E-state index contributed by atoms with van der Waals surface area (Å²) in [6.07, 6.45) is 1.49. The van der Waals surface area contributed by atoms with Crippen molar-refractivity contribution in [2.24, 2.45) is 0 Å². The number of halogens is 2. The van der Waals surface area contributed by atoms with Crippen LogP contribution in [0, 0.1) is 0 Å². The molecule has 0 radical (unpaired) electrons. The van der Waals surface area contributed by atoms with Crippen LogP contribution < -0.4 is 4.74 Å². The van der Waals surface area contributed by atoms with E-state index in [2.05, 4.69) is 4.98 Å². The van der Waals surface area contributed by atoms with E-state index in [4.69, 9.17) is 27.9 Å². The number of hydrogen-bond acceptors (Lipinski definition) is 5. The summed E-state index contributed by atoms with van der Waals surface area (Å²) in [5.41, 5.74) is 1.73. The highest BCUT2D eigenvalue weighted by Crippen LogP contribution is 2.30. The van der Waals surface area contributed by atoms with Crippen LogP contribution in [0.2, 0.25) is 10.0 Å². The van der Waals surface area contributed by atoms with E-state index >= 15 is 0 Å². The third-order valence-corrected chi connectivity index (χ3v) is 7.48. The molecule has 5 nitrogen and oxygen atoms in total. The molecule has 1 aromatic heterocycles. The van der Waals surface area contributed by atoms with Gasteiger partial charge in [0.1, 0.15) is 6.10 Å².